The molecule has 0 unspecified atom stereocenters. The Balaban J connectivity index is 1.87. The van der Waals surface area contributed by atoms with E-state index >= 15 is 0 Å². The maximum atomic E-state index is 5.11. The van der Waals surface area contributed by atoms with E-state index in [0.29, 0.717) is 6.04 Å². The third kappa shape index (κ3) is 2.34. The number of hydrogen-bond acceptors (Lipinski definition) is 2. The van der Waals surface area contributed by atoms with Crippen molar-refractivity contribution in [3.8, 4) is 0 Å². The molecule has 1 aliphatic heterocycles. The van der Waals surface area contributed by atoms with Crippen LogP contribution in [0.5, 0.6) is 0 Å². The minimum atomic E-state index is 0.570. The SMILES string of the molecule is CCc1cccc(CNC2COC2)c1. The van der Waals surface area contributed by atoms with E-state index in [1.165, 1.54) is 11.1 Å². The first-order chi connectivity index (χ1) is 6.88. The summed E-state index contributed by atoms with van der Waals surface area (Å²) in [5.41, 5.74) is 2.78. The van der Waals surface area contributed by atoms with E-state index in [1.807, 2.05) is 0 Å². The molecule has 0 atom stereocenters. The molecule has 0 aliphatic carbocycles. The maximum Gasteiger partial charge on any atom is 0.0643 e. The summed E-state index contributed by atoms with van der Waals surface area (Å²) in [5, 5.41) is 3.46. The van der Waals surface area contributed by atoms with E-state index in [4.69, 9.17) is 4.74 Å². The Kier molecular flexibility index (Phi) is 3.17. The highest BCUT2D eigenvalue weighted by molar-refractivity contribution is 5.23. The topological polar surface area (TPSA) is 21.3 Å². The van der Waals surface area contributed by atoms with Crippen LogP contribution < -0.4 is 5.32 Å². The van der Waals surface area contributed by atoms with Gasteiger partial charge in [-0.3, -0.25) is 0 Å². The second kappa shape index (κ2) is 4.58. The molecule has 0 bridgehead atoms. The van der Waals surface area contributed by atoms with Gasteiger partial charge < -0.3 is 10.1 Å². The lowest BCUT2D eigenvalue weighted by Gasteiger charge is -2.27. The summed E-state index contributed by atoms with van der Waals surface area (Å²) in [5.74, 6) is 0. The highest BCUT2D eigenvalue weighted by Gasteiger charge is 2.16. The Morgan fingerprint density at radius 1 is 1.36 bits per heavy atom. The van der Waals surface area contributed by atoms with Crippen LogP contribution in [0, 0.1) is 0 Å². The number of ether oxygens (including phenoxy) is 1. The Hall–Kier alpha value is -0.860. The molecule has 14 heavy (non-hydrogen) atoms. The molecule has 0 saturated carbocycles. The lowest BCUT2D eigenvalue weighted by Crippen LogP contribution is -2.45. The molecule has 1 aromatic rings. The van der Waals surface area contributed by atoms with Crippen molar-refractivity contribution < 1.29 is 4.74 Å². The van der Waals surface area contributed by atoms with Crippen molar-refractivity contribution in [3.05, 3.63) is 35.4 Å². The Morgan fingerprint density at radius 2 is 2.14 bits per heavy atom. The molecular formula is C12H17NO. The van der Waals surface area contributed by atoms with Gasteiger partial charge in [0, 0.05) is 6.54 Å². The summed E-state index contributed by atoms with van der Waals surface area (Å²) in [6.07, 6.45) is 1.11. The average Bonchev–Trinajstić information content (AvgIpc) is 2.16. The second-order valence-corrected chi connectivity index (χ2v) is 3.79. The van der Waals surface area contributed by atoms with Gasteiger partial charge in [-0.25, -0.2) is 0 Å². The molecule has 1 aliphatic rings. The van der Waals surface area contributed by atoms with E-state index in [1.54, 1.807) is 0 Å². The van der Waals surface area contributed by atoms with Crippen LogP contribution in [0.15, 0.2) is 24.3 Å². The molecule has 1 aromatic carbocycles. The molecular weight excluding hydrogens is 174 g/mol. The fourth-order valence-electron chi connectivity index (χ4n) is 1.58. The van der Waals surface area contributed by atoms with Crippen LogP contribution in [0.2, 0.25) is 0 Å². The van der Waals surface area contributed by atoms with Gasteiger partial charge in [-0.2, -0.15) is 0 Å². The van der Waals surface area contributed by atoms with E-state index in [2.05, 4.69) is 36.5 Å². The first kappa shape index (κ1) is 9.69. The first-order valence-electron chi connectivity index (χ1n) is 5.27. The smallest absolute Gasteiger partial charge is 0.0643 e. The van der Waals surface area contributed by atoms with Gasteiger partial charge in [-0.05, 0) is 17.5 Å². The molecule has 2 rings (SSSR count). The summed E-state index contributed by atoms with van der Waals surface area (Å²) < 4.78 is 5.11. The largest absolute Gasteiger partial charge is 0.378 e. The molecule has 2 nitrogen and oxygen atoms in total. The van der Waals surface area contributed by atoms with Crippen molar-refractivity contribution in [2.24, 2.45) is 0 Å². The molecule has 2 heteroatoms. The van der Waals surface area contributed by atoms with E-state index in [-0.39, 0.29) is 0 Å². The zero-order valence-electron chi connectivity index (χ0n) is 8.62. The van der Waals surface area contributed by atoms with Gasteiger partial charge in [-0.1, -0.05) is 31.2 Å². The van der Waals surface area contributed by atoms with Gasteiger partial charge in [0.05, 0.1) is 19.3 Å². The van der Waals surface area contributed by atoms with Gasteiger partial charge in [0.2, 0.25) is 0 Å². The fourth-order valence-corrected chi connectivity index (χ4v) is 1.58. The molecule has 0 spiro atoms. The highest BCUT2D eigenvalue weighted by Crippen LogP contribution is 2.07. The summed E-state index contributed by atoms with van der Waals surface area (Å²) in [6, 6.07) is 9.32. The predicted octanol–water partition coefficient (Wildman–Crippen LogP) is 1.74. The highest BCUT2D eigenvalue weighted by atomic mass is 16.5. The van der Waals surface area contributed by atoms with Crippen molar-refractivity contribution in [1.29, 1.82) is 0 Å². The first-order valence-corrected chi connectivity index (χ1v) is 5.27. The van der Waals surface area contributed by atoms with Gasteiger partial charge >= 0.3 is 0 Å². The molecule has 0 radical (unpaired) electrons. The molecule has 1 N–H and O–H groups in total. The number of rotatable bonds is 4. The quantitative estimate of drug-likeness (QED) is 0.782. The number of benzene rings is 1. The fraction of sp³-hybridized carbons (Fsp3) is 0.500. The van der Waals surface area contributed by atoms with Gasteiger partial charge in [0.25, 0.3) is 0 Å². The van der Waals surface area contributed by atoms with Crippen molar-refractivity contribution in [3.63, 3.8) is 0 Å². The number of nitrogens with one attached hydrogen (secondary N) is 1. The zero-order chi connectivity index (χ0) is 9.80. The van der Waals surface area contributed by atoms with E-state index in [9.17, 15) is 0 Å². The molecule has 0 aromatic heterocycles. The molecule has 1 saturated heterocycles. The van der Waals surface area contributed by atoms with E-state index < -0.39 is 0 Å². The zero-order valence-corrected chi connectivity index (χ0v) is 8.62. The van der Waals surface area contributed by atoms with Crippen LogP contribution in [0.1, 0.15) is 18.1 Å². The second-order valence-electron chi connectivity index (χ2n) is 3.79. The van der Waals surface area contributed by atoms with E-state index in [0.717, 1.165) is 26.2 Å². The van der Waals surface area contributed by atoms with Gasteiger partial charge in [0.15, 0.2) is 0 Å². The van der Waals surface area contributed by atoms with Crippen LogP contribution >= 0.6 is 0 Å². The summed E-state index contributed by atoms with van der Waals surface area (Å²) in [7, 11) is 0. The Morgan fingerprint density at radius 3 is 2.79 bits per heavy atom. The molecule has 1 fully saturated rings. The van der Waals surface area contributed by atoms with Crippen LogP contribution in [-0.2, 0) is 17.7 Å². The van der Waals surface area contributed by atoms with Crippen LogP contribution in [0.3, 0.4) is 0 Å². The standard InChI is InChI=1S/C12H17NO/c1-2-10-4-3-5-11(6-10)7-13-12-8-14-9-12/h3-6,12-13H,2,7-9H2,1H3. The minimum Gasteiger partial charge on any atom is -0.378 e. The predicted molar refractivity (Wildman–Crippen MR) is 57.3 cm³/mol. The lowest BCUT2D eigenvalue weighted by atomic mass is 10.1. The monoisotopic (exact) mass is 191 g/mol. The number of aryl methyl sites for hydroxylation is 1. The molecule has 76 valence electrons. The lowest BCUT2D eigenvalue weighted by molar-refractivity contribution is -0.00578. The van der Waals surface area contributed by atoms with Crippen LogP contribution in [0.4, 0.5) is 0 Å². The summed E-state index contributed by atoms with van der Waals surface area (Å²) in [6.45, 7) is 4.88. The van der Waals surface area contributed by atoms with Gasteiger partial charge in [-0.15, -0.1) is 0 Å². The third-order valence-corrected chi connectivity index (χ3v) is 2.63. The Bertz CT molecular complexity index is 294. The summed E-state index contributed by atoms with van der Waals surface area (Å²) in [4.78, 5) is 0. The normalized spacial score (nSPS) is 16.6. The van der Waals surface area contributed by atoms with Crippen molar-refractivity contribution in [2.75, 3.05) is 13.2 Å². The van der Waals surface area contributed by atoms with Crippen molar-refractivity contribution in [1.82, 2.24) is 5.32 Å². The average molecular weight is 191 g/mol. The number of hydrogen-bond donors (Lipinski definition) is 1. The van der Waals surface area contributed by atoms with Crippen molar-refractivity contribution in [2.45, 2.75) is 25.9 Å². The summed E-state index contributed by atoms with van der Waals surface area (Å²) >= 11 is 0. The van der Waals surface area contributed by atoms with Crippen LogP contribution in [-0.4, -0.2) is 19.3 Å². The minimum absolute atomic E-state index is 0.570. The third-order valence-electron chi connectivity index (χ3n) is 2.63. The Labute approximate surface area is 85.3 Å². The molecule has 1 heterocycles. The maximum absolute atomic E-state index is 5.11. The van der Waals surface area contributed by atoms with Crippen molar-refractivity contribution >= 4 is 0 Å². The molecule has 0 amide bonds. The van der Waals surface area contributed by atoms with Gasteiger partial charge in [0.1, 0.15) is 0 Å². The van der Waals surface area contributed by atoms with Crippen LogP contribution in [0.25, 0.3) is 0 Å².